The fourth-order valence-electron chi connectivity index (χ4n) is 2.12. The predicted molar refractivity (Wildman–Crippen MR) is 73.2 cm³/mol. The van der Waals surface area contributed by atoms with Crippen LogP contribution in [0.4, 0.5) is 5.69 Å². The molecule has 0 bridgehead atoms. The van der Waals surface area contributed by atoms with Crippen LogP contribution in [0.2, 0.25) is 0 Å². The zero-order valence-electron chi connectivity index (χ0n) is 9.38. The van der Waals surface area contributed by atoms with Gasteiger partial charge in [-0.25, -0.2) is 0 Å². The van der Waals surface area contributed by atoms with E-state index < -0.39 is 0 Å². The topological polar surface area (TPSA) is 3.24 Å². The zero-order chi connectivity index (χ0) is 11.2. The standard InChI is InChI=1S/C14H16BrN/c15-10-6-8-13-7-2-3-9-14(13)16-11-4-1-5-12-16/h2-3,7,9H,1,4-5,10-12H2. The van der Waals surface area contributed by atoms with Crippen LogP contribution in [0.1, 0.15) is 24.8 Å². The van der Waals surface area contributed by atoms with Crippen molar-refractivity contribution < 1.29 is 0 Å². The molecule has 1 aromatic rings. The Morgan fingerprint density at radius 3 is 2.62 bits per heavy atom. The van der Waals surface area contributed by atoms with Gasteiger partial charge in [0.25, 0.3) is 0 Å². The molecule has 1 nitrogen and oxygen atoms in total. The molecular weight excluding hydrogens is 262 g/mol. The molecule has 0 aromatic heterocycles. The van der Waals surface area contributed by atoms with E-state index in [1.165, 1.54) is 38.0 Å². The summed E-state index contributed by atoms with van der Waals surface area (Å²) in [6.45, 7) is 2.35. The van der Waals surface area contributed by atoms with Gasteiger partial charge >= 0.3 is 0 Å². The number of benzene rings is 1. The molecule has 0 amide bonds. The summed E-state index contributed by atoms with van der Waals surface area (Å²) in [7, 11) is 0. The van der Waals surface area contributed by atoms with Gasteiger partial charge in [0, 0.05) is 18.7 Å². The Morgan fingerprint density at radius 1 is 1.12 bits per heavy atom. The minimum Gasteiger partial charge on any atom is -0.371 e. The summed E-state index contributed by atoms with van der Waals surface area (Å²) >= 11 is 3.34. The first kappa shape index (κ1) is 11.5. The van der Waals surface area contributed by atoms with Gasteiger partial charge in [-0.15, -0.1) is 0 Å². The van der Waals surface area contributed by atoms with Crippen molar-refractivity contribution in [2.24, 2.45) is 0 Å². The second-order valence-corrected chi connectivity index (χ2v) is 4.56. The largest absolute Gasteiger partial charge is 0.371 e. The third-order valence-electron chi connectivity index (χ3n) is 2.89. The van der Waals surface area contributed by atoms with Crippen LogP contribution in [0.5, 0.6) is 0 Å². The Hall–Kier alpha value is -0.940. The molecule has 1 saturated heterocycles. The SMILES string of the molecule is BrCC#Cc1ccccc1N1CCCCC1. The highest BCUT2D eigenvalue weighted by Crippen LogP contribution is 2.23. The van der Waals surface area contributed by atoms with Gasteiger partial charge in [0.1, 0.15) is 0 Å². The molecular formula is C14H16BrN. The second-order valence-electron chi connectivity index (χ2n) is 4.00. The first-order valence-corrected chi connectivity index (χ1v) is 6.93. The Balaban J connectivity index is 2.24. The minimum absolute atomic E-state index is 0.737. The van der Waals surface area contributed by atoms with Gasteiger partial charge in [0.2, 0.25) is 0 Å². The molecule has 16 heavy (non-hydrogen) atoms. The van der Waals surface area contributed by atoms with Crippen LogP contribution in [0, 0.1) is 11.8 Å². The van der Waals surface area contributed by atoms with Crippen molar-refractivity contribution in [3.63, 3.8) is 0 Å². The quantitative estimate of drug-likeness (QED) is 0.562. The summed E-state index contributed by atoms with van der Waals surface area (Å²) in [4.78, 5) is 2.46. The van der Waals surface area contributed by atoms with Crippen LogP contribution >= 0.6 is 15.9 Å². The van der Waals surface area contributed by atoms with E-state index in [1.807, 2.05) is 0 Å². The number of hydrogen-bond donors (Lipinski definition) is 0. The summed E-state index contributed by atoms with van der Waals surface area (Å²) in [6, 6.07) is 8.46. The summed E-state index contributed by atoms with van der Waals surface area (Å²) in [5, 5.41) is 0.737. The number of halogens is 1. The molecule has 84 valence electrons. The Bertz CT molecular complexity index is 397. The molecule has 1 aliphatic rings. The molecule has 0 atom stereocenters. The van der Waals surface area contributed by atoms with Crippen LogP contribution < -0.4 is 4.90 Å². The normalized spacial score (nSPS) is 15.4. The second kappa shape index (κ2) is 5.96. The number of para-hydroxylation sites is 1. The van der Waals surface area contributed by atoms with Crippen molar-refractivity contribution >= 4 is 21.6 Å². The number of rotatable bonds is 1. The Morgan fingerprint density at radius 2 is 1.88 bits per heavy atom. The van der Waals surface area contributed by atoms with E-state index in [0.717, 1.165) is 10.9 Å². The molecule has 0 radical (unpaired) electrons. The van der Waals surface area contributed by atoms with E-state index >= 15 is 0 Å². The fourth-order valence-corrected chi connectivity index (χ4v) is 2.26. The molecule has 1 heterocycles. The van der Waals surface area contributed by atoms with Gasteiger partial charge in [-0.1, -0.05) is 39.9 Å². The van der Waals surface area contributed by atoms with E-state index in [-0.39, 0.29) is 0 Å². The van der Waals surface area contributed by atoms with Crippen molar-refractivity contribution in [1.29, 1.82) is 0 Å². The first-order valence-electron chi connectivity index (χ1n) is 5.80. The van der Waals surface area contributed by atoms with Gasteiger partial charge in [0.05, 0.1) is 11.0 Å². The van der Waals surface area contributed by atoms with E-state index in [1.54, 1.807) is 0 Å². The molecule has 0 N–H and O–H groups in total. The van der Waals surface area contributed by atoms with Crippen LogP contribution in [-0.4, -0.2) is 18.4 Å². The fraction of sp³-hybridized carbons (Fsp3) is 0.429. The Kier molecular flexibility index (Phi) is 4.30. The highest BCUT2D eigenvalue weighted by Gasteiger charge is 2.12. The van der Waals surface area contributed by atoms with Gasteiger partial charge in [-0.2, -0.15) is 0 Å². The van der Waals surface area contributed by atoms with Gasteiger partial charge in [0.15, 0.2) is 0 Å². The van der Waals surface area contributed by atoms with Crippen molar-refractivity contribution in [2.75, 3.05) is 23.3 Å². The molecule has 0 aliphatic carbocycles. The lowest BCUT2D eigenvalue weighted by Gasteiger charge is -2.29. The lowest BCUT2D eigenvalue weighted by atomic mass is 10.1. The van der Waals surface area contributed by atoms with Gasteiger partial charge < -0.3 is 4.90 Å². The highest BCUT2D eigenvalue weighted by molar-refractivity contribution is 9.09. The van der Waals surface area contributed by atoms with Gasteiger partial charge in [-0.05, 0) is 31.4 Å². The van der Waals surface area contributed by atoms with Crippen LogP contribution in [-0.2, 0) is 0 Å². The van der Waals surface area contributed by atoms with E-state index in [2.05, 4.69) is 56.9 Å². The van der Waals surface area contributed by atoms with Crippen molar-refractivity contribution in [1.82, 2.24) is 0 Å². The highest BCUT2D eigenvalue weighted by atomic mass is 79.9. The van der Waals surface area contributed by atoms with Crippen molar-refractivity contribution in [3.8, 4) is 11.8 Å². The Labute approximate surface area is 106 Å². The number of alkyl halides is 1. The van der Waals surface area contributed by atoms with Crippen LogP contribution in [0.3, 0.4) is 0 Å². The smallest absolute Gasteiger partial charge is 0.0649 e. The number of hydrogen-bond acceptors (Lipinski definition) is 1. The molecule has 1 fully saturated rings. The average Bonchev–Trinajstić information content (AvgIpc) is 2.38. The maximum atomic E-state index is 3.34. The van der Waals surface area contributed by atoms with E-state index in [0.29, 0.717) is 0 Å². The summed E-state index contributed by atoms with van der Waals surface area (Å²) < 4.78 is 0. The monoisotopic (exact) mass is 277 g/mol. The molecule has 1 aliphatic heterocycles. The number of anilines is 1. The van der Waals surface area contributed by atoms with E-state index in [9.17, 15) is 0 Å². The zero-order valence-corrected chi connectivity index (χ0v) is 11.0. The molecule has 1 aromatic carbocycles. The number of piperidine rings is 1. The van der Waals surface area contributed by atoms with E-state index in [4.69, 9.17) is 0 Å². The maximum Gasteiger partial charge on any atom is 0.0649 e. The molecule has 0 spiro atoms. The maximum absolute atomic E-state index is 3.34. The summed E-state index contributed by atoms with van der Waals surface area (Å²) in [5.41, 5.74) is 2.46. The summed E-state index contributed by atoms with van der Waals surface area (Å²) in [5.74, 6) is 6.31. The number of nitrogens with zero attached hydrogens (tertiary/aromatic N) is 1. The average molecular weight is 278 g/mol. The molecule has 0 saturated carbocycles. The lowest BCUT2D eigenvalue weighted by molar-refractivity contribution is 0.577. The van der Waals surface area contributed by atoms with Crippen molar-refractivity contribution in [2.45, 2.75) is 19.3 Å². The first-order chi connectivity index (χ1) is 7.92. The van der Waals surface area contributed by atoms with Crippen molar-refractivity contribution in [3.05, 3.63) is 29.8 Å². The molecule has 2 heteroatoms. The lowest BCUT2D eigenvalue weighted by Crippen LogP contribution is -2.29. The minimum atomic E-state index is 0.737. The molecule has 0 unspecified atom stereocenters. The van der Waals surface area contributed by atoms with Crippen LogP contribution in [0.25, 0.3) is 0 Å². The van der Waals surface area contributed by atoms with Gasteiger partial charge in [-0.3, -0.25) is 0 Å². The molecule has 2 rings (SSSR count). The van der Waals surface area contributed by atoms with Crippen LogP contribution in [0.15, 0.2) is 24.3 Å². The summed E-state index contributed by atoms with van der Waals surface area (Å²) in [6.07, 6.45) is 3.98. The predicted octanol–water partition coefficient (Wildman–Crippen LogP) is 3.42. The third kappa shape index (κ3) is 2.80. The third-order valence-corrected chi connectivity index (χ3v) is 3.17.